The largest absolute Gasteiger partial charge is 0.508 e. The van der Waals surface area contributed by atoms with Crippen LogP contribution in [0.25, 0.3) is 0 Å². The third-order valence-corrected chi connectivity index (χ3v) is 6.01. The molecule has 1 aliphatic heterocycles. The number of anilines is 2. The maximum absolute atomic E-state index is 13.6. The smallest absolute Gasteiger partial charge is 0.241 e. The van der Waals surface area contributed by atoms with Gasteiger partial charge in [-0.2, -0.15) is 0 Å². The van der Waals surface area contributed by atoms with Crippen LogP contribution in [0.15, 0.2) is 66.7 Å². The number of aromatic hydroxyl groups is 3. The standard InChI is InChI=1S/C26H26FN3O5/c27-17-6-8-18(9-7-17)30-21(16-4-10-19(31)11-5-16)13-12-20(28-15-14-24(30)34)26(35)29-25-22(32)2-1-3-23(25)33/h1-11,20-21,28,31-33H,12-15H2,(H,29,35). The maximum atomic E-state index is 13.6. The summed E-state index contributed by atoms with van der Waals surface area (Å²) >= 11 is 0. The fraction of sp³-hybridized carbons (Fsp3) is 0.231. The van der Waals surface area contributed by atoms with Crippen molar-refractivity contribution in [1.29, 1.82) is 0 Å². The second-order valence-electron chi connectivity index (χ2n) is 8.34. The highest BCUT2D eigenvalue weighted by molar-refractivity contribution is 5.98. The lowest BCUT2D eigenvalue weighted by molar-refractivity contribution is -0.120. The van der Waals surface area contributed by atoms with Gasteiger partial charge in [0, 0.05) is 18.7 Å². The first-order chi connectivity index (χ1) is 16.8. The van der Waals surface area contributed by atoms with Crippen molar-refractivity contribution in [2.75, 3.05) is 16.8 Å². The number of nitrogens with zero attached hydrogens (tertiary/aromatic N) is 1. The Labute approximate surface area is 201 Å². The monoisotopic (exact) mass is 479 g/mol. The summed E-state index contributed by atoms with van der Waals surface area (Å²) in [7, 11) is 0. The zero-order valence-corrected chi connectivity index (χ0v) is 18.8. The number of phenolic OH excluding ortho intramolecular Hbond substituents is 3. The number of amides is 2. The van der Waals surface area contributed by atoms with E-state index in [0.29, 0.717) is 18.5 Å². The van der Waals surface area contributed by atoms with Gasteiger partial charge in [0.25, 0.3) is 0 Å². The molecule has 0 bridgehead atoms. The van der Waals surface area contributed by atoms with Crippen LogP contribution in [0.4, 0.5) is 15.8 Å². The predicted octanol–water partition coefficient (Wildman–Crippen LogP) is 3.80. The molecule has 1 heterocycles. The lowest BCUT2D eigenvalue weighted by atomic mass is 9.96. The van der Waals surface area contributed by atoms with Gasteiger partial charge >= 0.3 is 0 Å². The molecule has 3 aromatic rings. The highest BCUT2D eigenvalue weighted by Gasteiger charge is 2.31. The normalized spacial score (nSPS) is 18.9. The molecule has 2 amide bonds. The quantitative estimate of drug-likeness (QED) is 0.363. The van der Waals surface area contributed by atoms with Crippen molar-refractivity contribution in [3.63, 3.8) is 0 Å². The SMILES string of the molecule is O=C(Nc1c(O)cccc1O)C1CCC(c2ccc(O)cc2)N(c2ccc(F)cc2)C(=O)CCN1. The van der Waals surface area contributed by atoms with Crippen molar-refractivity contribution in [3.8, 4) is 17.2 Å². The summed E-state index contributed by atoms with van der Waals surface area (Å²) in [5, 5.41) is 35.4. The number of rotatable bonds is 4. The van der Waals surface area contributed by atoms with E-state index in [9.17, 15) is 29.3 Å². The lowest BCUT2D eigenvalue weighted by Crippen LogP contribution is -2.41. The van der Waals surface area contributed by atoms with E-state index < -0.39 is 23.8 Å². The second kappa shape index (κ2) is 10.4. The fourth-order valence-corrected chi connectivity index (χ4v) is 4.23. The number of hydrogen-bond donors (Lipinski definition) is 5. The molecule has 4 rings (SSSR count). The number of benzene rings is 3. The van der Waals surface area contributed by atoms with Crippen molar-refractivity contribution in [2.45, 2.75) is 31.3 Å². The molecule has 0 spiro atoms. The number of carbonyl (C=O) groups excluding carboxylic acids is 2. The molecule has 3 aromatic carbocycles. The van der Waals surface area contributed by atoms with Crippen LogP contribution in [0.1, 0.15) is 30.9 Å². The maximum Gasteiger partial charge on any atom is 0.241 e. The van der Waals surface area contributed by atoms with E-state index in [1.165, 1.54) is 54.6 Å². The zero-order chi connectivity index (χ0) is 24.9. The molecular weight excluding hydrogens is 453 g/mol. The minimum absolute atomic E-state index is 0.0809. The van der Waals surface area contributed by atoms with Gasteiger partial charge in [0.05, 0.1) is 12.1 Å². The van der Waals surface area contributed by atoms with Crippen molar-refractivity contribution in [1.82, 2.24) is 5.32 Å². The summed E-state index contributed by atoms with van der Waals surface area (Å²) in [4.78, 5) is 27.9. The van der Waals surface area contributed by atoms with Gasteiger partial charge in [-0.15, -0.1) is 0 Å². The van der Waals surface area contributed by atoms with Gasteiger partial charge in [0.15, 0.2) is 0 Å². The number of para-hydroxylation sites is 1. The summed E-state index contributed by atoms with van der Waals surface area (Å²) < 4.78 is 13.6. The zero-order valence-electron chi connectivity index (χ0n) is 18.8. The van der Waals surface area contributed by atoms with E-state index in [-0.39, 0.29) is 41.8 Å². The van der Waals surface area contributed by atoms with Gasteiger partial charge < -0.3 is 30.9 Å². The van der Waals surface area contributed by atoms with Crippen molar-refractivity contribution in [3.05, 3.63) is 78.1 Å². The summed E-state index contributed by atoms with van der Waals surface area (Å²) in [6.45, 7) is 0.212. The Morgan fingerprint density at radius 3 is 2.26 bits per heavy atom. The Balaban J connectivity index is 1.64. The van der Waals surface area contributed by atoms with E-state index in [1.807, 2.05) is 0 Å². The van der Waals surface area contributed by atoms with Crippen molar-refractivity contribution in [2.24, 2.45) is 0 Å². The summed E-state index contributed by atoms with van der Waals surface area (Å²) in [6, 6.07) is 15.1. The number of phenols is 3. The molecule has 0 radical (unpaired) electrons. The van der Waals surface area contributed by atoms with Crippen molar-refractivity contribution >= 4 is 23.2 Å². The molecule has 182 valence electrons. The Bertz CT molecular complexity index is 1180. The first kappa shape index (κ1) is 24.0. The Kier molecular flexibility index (Phi) is 7.17. The van der Waals surface area contributed by atoms with Crippen LogP contribution >= 0.6 is 0 Å². The highest BCUT2D eigenvalue weighted by atomic mass is 19.1. The summed E-state index contributed by atoms with van der Waals surface area (Å²) in [5.74, 6) is -1.53. The highest BCUT2D eigenvalue weighted by Crippen LogP contribution is 2.35. The molecule has 0 aliphatic carbocycles. The van der Waals surface area contributed by atoms with Crippen LogP contribution in [-0.4, -0.2) is 39.7 Å². The van der Waals surface area contributed by atoms with Gasteiger partial charge in [-0.25, -0.2) is 4.39 Å². The molecule has 2 unspecified atom stereocenters. The Hall–Kier alpha value is -4.11. The first-order valence-corrected chi connectivity index (χ1v) is 11.2. The third kappa shape index (κ3) is 5.52. The molecule has 5 N–H and O–H groups in total. The van der Waals surface area contributed by atoms with Crippen molar-refractivity contribution < 1.29 is 29.3 Å². The topological polar surface area (TPSA) is 122 Å². The number of carbonyl (C=O) groups is 2. The minimum Gasteiger partial charge on any atom is -0.508 e. The Morgan fingerprint density at radius 2 is 1.60 bits per heavy atom. The lowest BCUT2D eigenvalue weighted by Gasteiger charge is -2.32. The van der Waals surface area contributed by atoms with E-state index in [2.05, 4.69) is 10.6 Å². The Morgan fingerprint density at radius 1 is 0.943 bits per heavy atom. The minimum atomic E-state index is -0.713. The third-order valence-electron chi connectivity index (χ3n) is 6.01. The van der Waals surface area contributed by atoms with E-state index in [0.717, 1.165) is 5.56 Å². The average molecular weight is 480 g/mol. The van der Waals surface area contributed by atoms with Crippen LogP contribution in [0.2, 0.25) is 0 Å². The molecule has 1 fully saturated rings. The van der Waals surface area contributed by atoms with Gasteiger partial charge in [-0.05, 0) is 66.9 Å². The van der Waals surface area contributed by atoms with Gasteiger partial charge in [-0.1, -0.05) is 18.2 Å². The molecule has 1 saturated heterocycles. The van der Waals surface area contributed by atoms with Crippen LogP contribution in [0.3, 0.4) is 0 Å². The molecular formula is C26H26FN3O5. The second-order valence-corrected chi connectivity index (χ2v) is 8.34. The van der Waals surface area contributed by atoms with Gasteiger partial charge in [0.1, 0.15) is 28.8 Å². The summed E-state index contributed by atoms with van der Waals surface area (Å²) in [6.07, 6.45) is 0.764. The molecule has 1 aliphatic rings. The van der Waals surface area contributed by atoms with Crippen LogP contribution < -0.4 is 15.5 Å². The predicted molar refractivity (Wildman–Crippen MR) is 129 cm³/mol. The number of nitrogens with one attached hydrogen (secondary N) is 2. The van der Waals surface area contributed by atoms with E-state index in [4.69, 9.17) is 0 Å². The number of hydrogen-bond acceptors (Lipinski definition) is 6. The van der Waals surface area contributed by atoms with Gasteiger partial charge in [0.2, 0.25) is 11.8 Å². The average Bonchev–Trinajstić information content (AvgIpc) is 2.92. The molecule has 0 aromatic heterocycles. The number of halogens is 1. The van der Waals surface area contributed by atoms with Gasteiger partial charge in [-0.3, -0.25) is 9.59 Å². The van der Waals surface area contributed by atoms with Crippen LogP contribution in [-0.2, 0) is 9.59 Å². The molecule has 0 saturated carbocycles. The fourth-order valence-electron chi connectivity index (χ4n) is 4.23. The van der Waals surface area contributed by atoms with E-state index in [1.54, 1.807) is 17.0 Å². The molecule has 2 atom stereocenters. The van der Waals surface area contributed by atoms with Crippen LogP contribution in [0, 0.1) is 5.82 Å². The molecule has 35 heavy (non-hydrogen) atoms. The van der Waals surface area contributed by atoms with Crippen LogP contribution in [0.5, 0.6) is 17.2 Å². The first-order valence-electron chi connectivity index (χ1n) is 11.2. The molecule has 8 nitrogen and oxygen atoms in total. The summed E-state index contributed by atoms with van der Waals surface area (Å²) in [5.41, 5.74) is 1.19. The molecule has 9 heteroatoms. The van der Waals surface area contributed by atoms with E-state index >= 15 is 0 Å².